The van der Waals surface area contributed by atoms with E-state index in [9.17, 15) is 9.90 Å². The van der Waals surface area contributed by atoms with Crippen LogP contribution in [0.15, 0.2) is 24.3 Å². The van der Waals surface area contributed by atoms with Gasteiger partial charge in [0.25, 0.3) is 0 Å². The van der Waals surface area contributed by atoms with Crippen molar-refractivity contribution in [2.24, 2.45) is 5.92 Å². The number of benzene rings is 1. The van der Waals surface area contributed by atoms with E-state index in [4.69, 9.17) is 0 Å². The zero-order valence-electron chi connectivity index (χ0n) is 11.3. The topological polar surface area (TPSA) is 40.5 Å². The third-order valence-electron chi connectivity index (χ3n) is 3.48. The van der Waals surface area contributed by atoms with Gasteiger partial charge in [-0.3, -0.25) is 0 Å². The summed E-state index contributed by atoms with van der Waals surface area (Å²) in [6.07, 6.45) is 2.16. The first-order valence-corrected chi connectivity index (χ1v) is 9.38. The molecule has 0 bridgehead atoms. The Bertz CT molecular complexity index is 340. The van der Waals surface area contributed by atoms with Gasteiger partial charge in [-0.25, -0.2) is 0 Å². The van der Waals surface area contributed by atoms with Gasteiger partial charge in [0.1, 0.15) is 5.75 Å². The molecular formula is C14H24O2Si. The molecular weight excluding hydrogens is 228 g/mol. The minimum absolute atomic E-state index is 0.248. The van der Waals surface area contributed by atoms with Gasteiger partial charge in [-0.2, -0.15) is 0 Å². The molecule has 0 radical (unpaired) electrons. The molecule has 2 nitrogen and oxygen atoms in total. The molecule has 1 rings (SSSR count). The van der Waals surface area contributed by atoms with Crippen LogP contribution in [0.5, 0.6) is 5.75 Å². The zero-order chi connectivity index (χ0) is 13.1. The van der Waals surface area contributed by atoms with E-state index in [0.717, 1.165) is 18.4 Å². The first-order chi connectivity index (χ1) is 7.84. The van der Waals surface area contributed by atoms with Crippen LogP contribution in [0, 0.1) is 5.92 Å². The van der Waals surface area contributed by atoms with Crippen molar-refractivity contribution in [2.75, 3.05) is 0 Å². The summed E-state index contributed by atoms with van der Waals surface area (Å²) in [7, 11) is -2.21. The zero-order valence-corrected chi connectivity index (χ0v) is 12.3. The Morgan fingerprint density at radius 2 is 1.71 bits per heavy atom. The molecule has 0 aromatic heterocycles. The van der Waals surface area contributed by atoms with Gasteiger partial charge in [0, 0.05) is 5.54 Å². The van der Waals surface area contributed by atoms with Gasteiger partial charge in [0.05, 0.1) is 0 Å². The van der Waals surface area contributed by atoms with Gasteiger partial charge in [-0.05, 0) is 43.1 Å². The van der Waals surface area contributed by atoms with Crippen molar-refractivity contribution >= 4 is 8.32 Å². The first kappa shape index (κ1) is 14.3. The highest BCUT2D eigenvalue weighted by atomic mass is 28.4. The van der Waals surface area contributed by atoms with Crippen LogP contribution in [0.2, 0.25) is 13.1 Å². The van der Waals surface area contributed by atoms with Crippen LogP contribution < -0.4 is 0 Å². The van der Waals surface area contributed by atoms with E-state index in [2.05, 4.69) is 13.8 Å². The first-order valence-electron chi connectivity index (χ1n) is 6.36. The Labute approximate surface area is 105 Å². The summed E-state index contributed by atoms with van der Waals surface area (Å²) in [6.45, 7) is 8.40. The van der Waals surface area contributed by atoms with E-state index < -0.39 is 8.32 Å². The van der Waals surface area contributed by atoms with E-state index in [1.54, 1.807) is 12.1 Å². The molecule has 0 aliphatic rings. The molecule has 2 atom stereocenters. The number of hydrogen-bond acceptors (Lipinski definition) is 2. The molecule has 0 spiro atoms. The molecule has 0 heterocycles. The molecule has 0 saturated carbocycles. The molecule has 0 aliphatic carbocycles. The highest BCUT2D eigenvalue weighted by Gasteiger charge is 2.32. The number of rotatable bonds is 5. The van der Waals surface area contributed by atoms with Crippen molar-refractivity contribution in [3.8, 4) is 5.75 Å². The van der Waals surface area contributed by atoms with E-state index in [-0.39, 0.29) is 11.3 Å². The van der Waals surface area contributed by atoms with Crippen LogP contribution in [0.1, 0.15) is 37.8 Å². The molecule has 1 aromatic rings. The minimum atomic E-state index is -2.21. The molecule has 0 amide bonds. The lowest BCUT2D eigenvalue weighted by molar-refractivity contribution is 0.453. The summed E-state index contributed by atoms with van der Waals surface area (Å²) >= 11 is 0. The lowest BCUT2D eigenvalue weighted by Crippen LogP contribution is -2.36. The summed E-state index contributed by atoms with van der Waals surface area (Å²) in [5, 5.41) is 9.32. The maximum Gasteiger partial charge on any atom is 0.189 e. The van der Waals surface area contributed by atoms with E-state index in [0.29, 0.717) is 5.92 Å². The monoisotopic (exact) mass is 252 g/mol. The largest absolute Gasteiger partial charge is 0.508 e. The second-order valence-electron chi connectivity index (χ2n) is 5.55. The Kier molecular flexibility index (Phi) is 4.77. The molecule has 17 heavy (non-hydrogen) atoms. The Hall–Kier alpha value is -0.803. The van der Waals surface area contributed by atoms with Gasteiger partial charge >= 0.3 is 0 Å². The Morgan fingerprint density at radius 3 is 2.12 bits per heavy atom. The number of phenolic OH excluding ortho intramolecular Hbond substituents is 1. The van der Waals surface area contributed by atoms with Crippen LogP contribution in [-0.4, -0.2) is 18.2 Å². The minimum Gasteiger partial charge on any atom is -0.508 e. The fourth-order valence-electron chi connectivity index (χ4n) is 2.11. The van der Waals surface area contributed by atoms with Crippen molar-refractivity contribution in [3.63, 3.8) is 0 Å². The lowest BCUT2D eigenvalue weighted by atomic mass is 9.98. The highest BCUT2D eigenvalue weighted by Crippen LogP contribution is 2.33. The van der Waals surface area contributed by atoms with Gasteiger partial charge < -0.3 is 9.90 Å². The lowest BCUT2D eigenvalue weighted by Gasteiger charge is -2.29. The predicted octanol–water partition coefficient (Wildman–Crippen LogP) is 3.65. The van der Waals surface area contributed by atoms with Gasteiger partial charge in [0.15, 0.2) is 8.32 Å². The molecule has 3 heteroatoms. The summed E-state index contributed by atoms with van der Waals surface area (Å²) in [6, 6.07) is 7.29. The van der Waals surface area contributed by atoms with Crippen LogP contribution >= 0.6 is 0 Å². The van der Waals surface area contributed by atoms with Crippen molar-refractivity contribution in [1.82, 2.24) is 0 Å². The smallest absolute Gasteiger partial charge is 0.189 e. The fraction of sp³-hybridized carbons (Fsp3) is 0.571. The quantitative estimate of drug-likeness (QED) is 0.785. The molecule has 1 aromatic carbocycles. The summed E-state index contributed by atoms with van der Waals surface area (Å²) < 4.78 is 0. The standard InChI is InChI=1S/C14H24O2Si/c1-5-11(2)10-14(17(3,4)16)12-6-8-13(15)9-7-12/h6-9,11,14-16H,5,10H2,1-4H3. The molecule has 0 saturated heterocycles. The van der Waals surface area contributed by atoms with E-state index >= 15 is 0 Å². The average molecular weight is 252 g/mol. The van der Waals surface area contributed by atoms with Crippen molar-refractivity contribution < 1.29 is 9.90 Å². The molecule has 2 N–H and O–H groups in total. The number of aromatic hydroxyl groups is 1. The summed E-state index contributed by atoms with van der Waals surface area (Å²) in [5.41, 5.74) is 1.40. The third-order valence-corrected chi connectivity index (χ3v) is 5.76. The Balaban J connectivity index is 2.94. The number of hydrogen-bond donors (Lipinski definition) is 2. The van der Waals surface area contributed by atoms with Crippen LogP contribution in [0.25, 0.3) is 0 Å². The third kappa shape index (κ3) is 4.17. The van der Waals surface area contributed by atoms with Crippen molar-refractivity contribution in [2.45, 2.75) is 45.3 Å². The average Bonchev–Trinajstić information content (AvgIpc) is 2.25. The molecule has 0 aliphatic heterocycles. The predicted molar refractivity (Wildman–Crippen MR) is 74.6 cm³/mol. The van der Waals surface area contributed by atoms with Gasteiger partial charge in [-0.1, -0.05) is 32.4 Å². The summed E-state index contributed by atoms with van der Waals surface area (Å²) in [4.78, 5) is 10.4. The normalized spacial score (nSPS) is 15.6. The van der Waals surface area contributed by atoms with E-state index in [1.807, 2.05) is 25.2 Å². The Morgan fingerprint density at radius 1 is 1.18 bits per heavy atom. The van der Waals surface area contributed by atoms with Crippen LogP contribution in [0.3, 0.4) is 0 Å². The van der Waals surface area contributed by atoms with Crippen molar-refractivity contribution in [3.05, 3.63) is 29.8 Å². The second-order valence-corrected chi connectivity index (χ2v) is 9.55. The van der Waals surface area contributed by atoms with Crippen LogP contribution in [0.4, 0.5) is 0 Å². The summed E-state index contributed by atoms with van der Waals surface area (Å²) in [5.74, 6) is 0.904. The molecule has 96 valence electrons. The van der Waals surface area contributed by atoms with Gasteiger partial charge in [0.2, 0.25) is 0 Å². The van der Waals surface area contributed by atoms with Crippen molar-refractivity contribution in [1.29, 1.82) is 0 Å². The SMILES string of the molecule is CCC(C)CC(c1ccc(O)cc1)[Si](C)(C)O. The number of phenols is 1. The fourth-order valence-corrected chi connectivity index (χ4v) is 4.10. The molecule has 0 fully saturated rings. The second kappa shape index (κ2) is 5.69. The highest BCUT2D eigenvalue weighted by molar-refractivity contribution is 6.71. The van der Waals surface area contributed by atoms with Crippen LogP contribution in [-0.2, 0) is 0 Å². The molecule has 2 unspecified atom stereocenters. The maximum absolute atomic E-state index is 10.4. The maximum atomic E-state index is 10.4. The van der Waals surface area contributed by atoms with Gasteiger partial charge in [-0.15, -0.1) is 0 Å². The van der Waals surface area contributed by atoms with E-state index in [1.165, 1.54) is 0 Å².